The van der Waals surface area contributed by atoms with Crippen molar-refractivity contribution in [1.29, 1.82) is 0 Å². The van der Waals surface area contributed by atoms with Crippen LogP contribution in [0.1, 0.15) is 66.2 Å². The van der Waals surface area contributed by atoms with Crippen molar-refractivity contribution in [2.24, 2.45) is 0 Å². The fourth-order valence-electron chi connectivity index (χ4n) is 5.49. The van der Waals surface area contributed by atoms with Crippen molar-refractivity contribution >= 4 is 27.6 Å². The highest BCUT2D eigenvalue weighted by molar-refractivity contribution is 7.89. The predicted octanol–water partition coefficient (Wildman–Crippen LogP) is 4.71. The van der Waals surface area contributed by atoms with E-state index in [2.05, 4.69) is 14.7 Å². The summed E-state index contributed by atoms with van der Waals surface area (Å²) in [6.07, 6.45) is 8.03. The normalized spacial score (nSPS) is 17.5. The van der Waals surface area contributed by atoms with E-state index >= 15 is 0 Å². The van der Waals surface area contributed by atoms with Crippen LogP contribution in [0.3, 0.4) is 0 Å². The second-order valence-electron chi connectivity index (χ2n) is 10.7. The third kappa shape index (κ3) is 5.95. The standard InChI is InChI=1S/C29H27F5N4O6S/c1-44-29(41)18-8-7-17(11-21(18)39)37(14-16-12-36-19(13-35-16)15-5-3-2-4-6-15)28(40)20-9-10-38(20)45(42,43)27-25(33)23(31)22(30)24(32)26(27)34/h7-8,11-13,15,20,39H,2-6,9-10,14H2,1H3/t20-/m1/s1. The maximum Gasteiger partial charge on any atom is 0.341 e. The van der Waals surface area contributed by atoms with Gasteiger partial charge in [0.05, 0.1) is 31.2 Å². The van der Waals surface area contributed by atoms with Crippen molar-refractivity contribution in [2.75, 3.05) is 18.6 Å². The number of esters is 1. The first kappa shape index (κ1) is 32.2. The molecule has 10 nitrogen and oxygen atoms in total. The molecule has 1 aliphatic carbocycles. The molecular formula is C29H27F5N4O6S. The van der Waals surface area contributed by atoms with Crippen molar-refractivity contribution in [1.82, 2.24) is 14.3 Å². The zero-order chi connectivity index (χ0) is 32.6. The molecule has 1 aromatic heterocycles. The van der Waals surface area contributed by atoms with Gasteiger partial charge in [-0.25, -0.2) is 35.2 Å². The van der Waals surface area contributed by atoms with E-state index in [0.29, 0.717) is 4.31 Å². The molecule has 1 atom stereocenters. The number of halogens is 5. The van der Waals surface area contributed by atoms with Gasteiger partial charge in [0.25, 0.3) is 0 Å². The number of carbonyl (C=O) groups is 2. The van der Waals surface area contributed by atoms with Crippen LogP contribution >= 0.6 is 0 Å². The van der Waals surface area contributed by atoms with Crippen molar-refractivity contribution in [3.63, 3.8) is 0 Å². The van der Waals surface area contributed by atoms with Gasteiger partial charge in [0, 0.05) is 30.4 Å². The number of nitrogens with zero attached hydrogens (tertiary/aromatic N) is 4. The number of aromatic hydroxyl groups is 1. The van der Waals surface area contributed by atoms with Gasteiger partial charge < -0.3 is 14.7 Å². The van der Waals surface area contributed by atoms with Crippen molar-refractivity contribution in [3.8, 4) is 5.75 Å². The summed E-state index contributed by atoms with van der Waals surface area (Å²) in [4.78, 5) is 33.7. The topological polar surface area (TPSA) is 130 Å². The van der Waals surface area contributed by atoms with Crippen LogP contribution < -0.4 is 4.90 Å². The Labute approximate surface area is 254 Å². The zero-order valence-electron chi connectivity index (χ0n) is 23.8. The first-order chi connectivity index (χ1) is 21.4. The SMILES string of the molecule is COC(=O)c1ccc(N(Cc2cnc(C3CCCCC3)cn2)C(=O)[C@H]2CCN2S(=O)(=O)c2c(F)c(F)c(F)c(F)c2F)cc1O. The smallest absolute Gasteiger partial charge is 0.341 e. The number of phenolic OH excluding ortho intramolecular Hbond substituents is 1. The van der Waals surface area contributed by atoms with Gasteiger partial charge in [0.2, 0.25) is 21.7 Å². The van der Waals surface area contributed by atoms with Crippen LogP contribution in [0.25, 0.3) is 0 Å². The summed E-state index contributed by atoms with van der Waals surface area (Å²) in [6, 6.07) is 1.87. The molecule has 240 valence electrons. The fraction of sp³-hybridized carbons (Fsp3) is 0.379. The molecule has 0 radical (unpaired) electrons. The van der Waals surface area contributed by atoms with Gasteiger partial charge >= 0.3 is 5.97 Å². The largest absolute Gasteiger partial charge is 0.507 e. The van der Waals surface area contributed by atoms with E-state index in [1.54, 1.807) is 6.20 Å². The van der Waals surface area contributed by atoms with Crippen LogP contribution in [0.5, 0.6) is 5.75 Å². The van der Waals surface area contributed by atoms with Gasteiger partial charge in [-0.1, -0.05) is 19.3 Å². The molecule has 1 saturated carbocycles. The molecule has 1 aliphatic heterocycles. The molecule has 2 aromatic carbocycles. The minimum absolute atomic E-state index is 0.0243. The van der Waals surface area contributed by atoms with Crippen LogP contribution in [-0.4, -0.2) is 59.4 Å². The van der Waals surface area contributed by atoms with Crippen LogP contribution in [0.15, 0.2) is 35.5 Å². The lowest BCUT2D eigenvalue weighted by Crippen LogP contribution is -2.59. The number of rotatable bonds is 8. The Morgan fingerprint density at radius 3 is 2.13 bits per heavy atom. The summed E-state index contributed by atoms with van der Waals surface area (Å²) >= 11 is 0. The molecule has 45 heavy (non-hydrogen) atoms. The second-order valence-corrected chi connectivity index (χ2v) is 12.5. The number of phenols is 1. The van der Waals surface area contributed by atoms with Crippen molar-refractivity contribution < 1.29 is 49.8 Å². The summed E-state index contributed by atoms with van der Waals surface area (Å²) in [5.41, 5.74) is 0.775. The lowest BCUT2D eigenvalue weighted by molar-refractivity contribution is -0.125. The van der Waals surface area contributed by atoms with E-state index in [9.17, 15) is 45.1 Å². The summed E-state index contributed by atoms with van der Waals surface area (Å²) in [5.74, 6) is -14.7. The number of methoxy groups -OCH3 is 1. The van der Waals surface area contributed by atoms with E-state index in [4.69, 9.17) is 0 Å². The Balaban J connectivity index is 1.49. The zero-order valence-corrected chi connectivity index (χ0v) is 24.6. The minimum atomic E-state index is -5.41. The van der Waals surface area contributed by atoms with Crippen molar-refractivity contribution in [3.05, 3.63) is 76.6 Å². The highest BCUT2D eigenvalue weighted by Gasteiger charge is 2.48. The molecule has 3 aromatic rings. The fourth-order valence-corrected chi connectivity index (χ4v) is 7.23. The molecule has 2 fully saturated rings. The summed E-state index contributed by atoms with van der Waals surface area (Å²) in [6.45, 7) is -0.783. The predicted molar refractivity (Wildman–Crippen MR) is 147 cm³/mol. The number of anilines is 1. The Morgan fingerprint density at radius 2 is 1.60 bits per heavy atom. The third-order valence-electron chi connectivity index (χ3n) is 8.02. The maximum absolute atomic E-state index is 14.5. The molecule has 1 N–H and O–H groups in total. The van der Waals surface area contributed by atoms with Crippen LogP contribution in [0.4, 0.5) is 27.6 Å². The average Bonchev–Trinajstić information content (AvgIpc) is 3.01. The quantitative estimate of drug-likeness (QED) is 0.160. The molecule has 1 amide bonds. The highest BCUT2D eigenvalue weighted by atomic mass is 32.2. The lowest BCUT2D eigenvalue weighted by Gasteiger charge is -2.41. The van der Waals surface area contributed by atoms with Gasteiger partial charge in [-0.15, -0.1) is 0 Å². The monoisotopic (exact) mass is 654 g/mol. The van der Waals surface area contributed by atoms with E-state index < -0.39 is 74.2 Å². The van der Waals surface area contributed by atoms with Crippen LogP contribution in [-0.2, 0) is 26.1 Å². The lowest BCUT2D eigenvalue weighted by atomic mass is 9.87. The average molecular weight is 655 g/mol. The van der Waals surface area contributed by atoms with E-state index in [1.165, 1.54) is 18.3 Å². The minimum Gasteiger partial charge on any atom is -0.507 e. The number of carbonyl (C=O) groups excluding carboxylic acids is 2. The highest BCUT2D eigenvalue weighted by Crippen LogP contribution is 2.36. The van der Waals surface area contributed by atoms with Gasteiger partial charge in [-0.05, 0) is 31.4 Å². The Bertz CT molecular complexity index is 1720. The van der Waals surface area contributed by atoms with E-state index in [1.807, 2.05) is 0 Å². The number of hydrogen-bond acceptors (Lipinski definition) is 8. The molecular weight excluding hydrogens is 627 g/mol. The summed E-state index contributed by atoms with van der Waals surface area (Å²) in [5, 5.41) is 10.5. The molecule has 2 heterocycles. The van der Waals surface area contributed by atoms with Gasteiger partial charge in [-0.3, -0.25) is 14.8 Å². The van der Waals surface area contributed by atoms with Gasteiger partial charge in [-0.2, -0.15) is 4.31 Å². The molecule has 0 spiro atoms. The molecule has 1 saturated heterocycles. The molecule has 0 unspecified atom stereocenters. The second kappa shape index (κ2) is 12.7. The molecule has 16 heteroatoms. The number of amides is 1. The molecule has 2 aliphatic rings. The molecule has 0 bridgehead atoms. The maximum atomic E-state index is 14.5. The first-order valence-corrected chi connectivity index (χ1v) is 15.4. The number of hydrogen-bond donors (Lipinski definition) is 1. The van der Waals surface area contributed by atoms with Gasteiger partial charge in [0.15, 0.2) is 28.2 Å². The number of sulfonamides is 1. The summed E-state index contributed by atoms with van der Waals surface area (Å²) < 4.78 is 102. The van der Waals surface area contributed by atoms with Crippen LogP contribution in [0.2, 0.25) is 0 Å². The number of ether oxygens (including phenoxy) is 1. The van der Waals surface area contributed by atoms with Crippen molar-refractivity contribution in [2.45, 2.75) is 61.9 Å². The van der Waals surface area contributed by atoms with Gasteiger partial charge in [0.1, 0.15) is 17.4 Å². The number of benzene rings is 2. The molecule has 5 rings (SSSR count). The van der Waals surface area contributed by atoms with E-state index in [-0.39, 0.29) is 35.8 Å². The van der Waals surface area contributed by atoms with Crippen LogP contribution in [0, 0.1) is 29.1 Å². The first-order valence-electron chi connectivity index (χ1n) is 13.9. The van der Waals surface area contributed by atoms with E-state index in [0.717, 1.165) is 55.9 Å². The Morgan fingerprint density at radius 1 is 0.956 bits per heavy atom. The Kier molecular flexibility index (Phi) is 9.07. The Hall–Kier alpha value is -4.18. The number of aromatic nitrogens is 2. The summed E-state index contributed by atoms with van der Waals surface area (Å²) in [7, 11) is -4.31. The third-order valence-corrected chi connectivity index (χ3v) is 9.95.